The van der Waals surface area contributed by atoms with Crippen molar-refractivity contribution in [1.29, 1.82) is 0 Å². The van der Waals surface area contributed by atoms with Gasteiger partial charge in [0.15, 0.2) is 16.6 Å². The van der Waals surface area contributed by atoms with Gasteiger partial charge in [-0.25, -0.2) is 9.40 Å². The molecule has 1 atom stereocenters. The highest BCUT2D eigenvalue weighted by Gasteiger charge is 2.32. The van der Waals surface area contributed by atoms with Crippen LogP contribution in [0.15, 0.2) is 77.9 Å². The summed E-state index contributed by atoms with van der Waals surface area (Å²) in [7, 11) is 0. The largest absolute Gasteiger partial charge is 0.486 e. The summed E-state index contributed by atoms with van der Waals surface area (Å²) < 4.78 is 24.8. The third kappa shape index (κ3) is 4.09. The summed E-state index contributed by atoms with van der Waals surface area (Å²) in [5.41, 5.74) is 3.62. The number of fused-ring (bicyclic) bond motifs is 1. The van der Waals surface area contributed by atoms with Crippen molar-refractivity contribution in [2.75, 3.05) is 18.5 Å². The number of hydrazone groups is 1. The molecular weight excluding hydrogens is 413 g/mol. The lowest BCUT2D eigenvalue weighted by molar-refractivity contribution is 0.171. The molecule has 2 aliphatic heterocycles. The summed E-state index contributed by atoms with van der Waals surface area (Å²) in [6.07, 6.45) is 0.627. The minimum absolute atomic E-state index is 0.125. The van der Waals surface area contributed by atoms with Crippen molar-refractivity contribution in [1.82, 2.24) is 5.01 Å². The van der Waals surface area contributed by atoms with E-state index in [9.17, 15) is 4.39 Å². The predicted molar refractivity (Wildman–Crippen MR) is 122 cm³/mol. The maximum absolute atomic E-state index is 13.4. The quantitative estimate of drug-likeness (QED) is 0.579. The maximum atomic E-state index is 13.4. The lowest BCUT2D eigenvalue weighted by Crippen LogP contribution is -2.31. The molecule has 0 radical (unpaired) electrons. The van der Waals surface area contributed by atoms with E-state index in [2.05, 4.69) is 5.32 Å². The molecule has 2 heterocycles. The van der Waals surface area contributed by atoms with Crippen LogP contribution in [-0.2, 0) is 0 Å². The van der Waals surface area contributed by atoms with Gasteiger partial charge in [0, 0.05) is 12.1 Å². The van der Waals surface area contributed by atoms with Gasteiger partial charge in [0.05, 0.1) is 11.8 Å². The number of para-hydroxylation sites is 1. The molecule has 0 aromatic heterocycles. The summed E-state index contributed by atoms with van der Waals surface area (Å²) in [6, 6.07) is 21.9. The van der Waals surface area contributed by atoms with Crippen molar-refractivity contribution in [3.05, 3.63) is 89.7 Å². The molecule has 0 saturated carbocycles. The molecule has 3 aromatic rings. The Morgan fingerprint density at radius 3 is 2.48 bits per heavy atom. The zero-order valence-electron chi connectivity index (χ0n) is 16.6. The molecule has 0 bridgehead atoms. The van der Waals surface area contributed by atoms with E-state index in [0.717, 1.165) is 34.0 Å². The van der Waals surface area contributed by atoms with E-state index < -0.39 is 0 Å². The second-order valence-corrected chi connectivity index (χ2v) is 7.70. The van der Waals surface area contributed by atoms with E-state index in [1.807, 2.05) is 53.5 Å². The van der Waals surface area contributed by atoms with Gasteiger partial charge in [0.1, 0.15) is 19.0 Å². The number of thiocarbonyl (C=S) groups is 1. The fourth-order valence-electron chi connectivity index (χ4n) is 3.74. The van der Waals surface area contributed by atoms with Gasteiger partial charge in [-0.2, -0.15) is 5.10 Å². The fourth-order valence-corrected chi connectivity index (χ4v) is 4.03. The number of benzene rings is 3. The summed E-state index contributed by atoms with van der Waals surface area (Å²) in [6.45, 7) is 1.07. The molecular formula is C24H20FN3O2S. The van der Waals surface area contributed by atoms with Crippen LogP contribution in [0.3, 0.4) is 0 Å². The third-order valence-corrected chi connectivity index (χ3v) is 5.56. The van der Waals surface area contributed by atoms with Gasteiger partial charge < -0.3 is 14.8 Å². The standard InChI is InChI=1S/C24H20FN3O2S/c25-18-9-6-16(7-10-18)20-15-21(17-8-11-22-23(14-17)30-13-12-29-22)28(27-20)24(31)26-19-4-2-1-3-5-19/h1-11,14,21H,12-13,15H2,(H,26,31). The van der Waals surface area contributed by atoms with Crippen molar-refractivity contribution in [2.45, 2.75) is 12.5 Å². The Morgan fingerprint density at radius 1 is 0.968 bits per heavy atom. The number of hydrogen-bond donors (Lipinski definition) is 1. The molecule has 5 rings (SSSR count). The van der Waals surface area contributed by atoms with E-state index >= 15 is 0 Å². The topological polar surface area (TPSA) is 46.1 Å². The Morgan fingerprint density at radius 2 is 1.71 bits per heavy atom. The second kappa shape index (κ2) is 8.35. The zero-order chi connectivity index (χ0) is 21.2. The first kappa shape index (κ1) is 19.5. The molecule has 0 amide bonds. The Balaban J connectivity index is 1.48. The molecule has 5 nitrogen and oxygen atoms in total. The molecule has 3 aromatic carbocycles. The van der Waals surface area contributed by atoms with Crippen LogP contribution in [0, 0.1) is 5.82 Å². The SMILES string of the molecule is Fc1ccc(C2=NN(C(=S)Nc3ccccc3)C(c3ccc4c(c3)OCCO4)C2)cc1. The predicted octanol–water partition coefficient (Wildman–Crippen LogP) is 5.15. The second-order valence-electron chi connectivity index (χ2n) is 7.32. The van der Waals surface area contributed by atoms with Crippen molar-refractivity contribution < 1.29 is 13.9 Å². The molecule has 2 aliphatic rings. The molecule has 156 valence electrons. The molecule has 0 saturated heterocycles. The lowest BCUT2D eigenvalue weighted by Gasteiger charge is -2.26. The molecule has 0 fully saturated rings. The summed E-state index contributed by atoms with van der Waals surface area (Å²) in [4.78, 5) is 0. The fraction of sp³-hybridized carbons (Fsp3) is 0.167. The van der Waals surface area contributed by atoms with Crippen LogP contribution in [0.1, 0.15) is 23.6 Å². The van der Waals surface area contributed by atoms with Crippen LogP contribution in [0.5, 0.6) is 11.5 Å². The number of hydrogen-bond acceptors (Lipinski definition) is 4. The third-order valence-electron chi connectivity index (χ3n) is 5.27. The van der Waals surface area contributed by atoms with Crippen LogP contribution in [0.4, 0.5) is 10.1 Å². The van der Waals surface area contributed by atoms with Crippen molar-refractivity contribution in [3.63, 3.8) is 0 Å². The minimum Gasteiger partial charge on any atom is -0.486 e. The van der Waals surface area contributed by atoms with Crippen LogP contribution >= 0.6 is 12.2 Å². The molecule has 0 spiro atoms. The molecule has 31 heavy (non-hydrogen) atoms. The number of halogens is 1. The van der Waals surface area contributed by atoms with E-state index in [-0.39, 0.29) is 11.9 Å². The van der Waals surface area contributed by atoms with Gasteiger partial charge in [-0.05, 0) is 59.7 Å². The van der Waals surface area contributed by atoms with Crippen LogP contribution < -0.4 is 14.8 Å². The van der Waals surface area contributed by atoms with Gasteiger partial charge in [0.25, 0.3) is 0 Å². The van der Waals surface area contributed by atoms with E-state index in [4.69, 9.17) is 26.8 Å². The number of nitrogens with zero attached hydrogens (tertiary/aromatic N) is 2. The van der Waals surface area contributed by atoms with Crippen molar-refractivity contribution in [3.8, 4) is 11.5 Å². The Hall–Kier alpha value is -3.45. The smallest absolute Gasteiger partial charge is 0.194 e. The number of rotatable bonds is 3. The van der Waals surface area contributed by atoms with Crippen molar-refractivity contribution >= 4 is 28.7 Å². The molecule has 0 aliphatic carbocycles. The van der Waals surface area contributed by atoms with Crippen LogP contribution in [-0.4, -0.2) is 29.0 Å². The van der Waals surface area contributed by atoms with Gasteiger partial charge in [-0.15, -0.1) is 0 Å². The van der Waals surface area contributed by atoms with E-state index in [0.29, 0.717) is 24.7 Å². The summed E-state index contributed by atoms with van der Waals surface area (Å²) in [5, 5.41) is 10.4. The number of nitrogens with one attached hydrogen (secondary N) is 1. The monoisotopic (exact) mass is 433 g/mol. The summed E-state index contributed by atoms with van der Waals surface area (Å²) >= 11 is 5.71. The Labute approximate surface area is 185 Å². The summed E-state index contributed by atoms with van der Waals surface area (Å²) in [5.74, 6) is 1.19. The highest BCUT2D eigenvalue weighted by Crippen LogP contribution is 2.38. The maximum Gasteiger partial charge on any atom is 0.194 e. The lowest BCUT2D eigenvalue weighted by atomic mass is 9.98. The molecule has 1 unspecified atom stereocenters. The first-order valence-corrected chi connectivity index (χ1v) is 10.5. The molecule has 1 N–H and O–H groups in total. The van der Waals surface area contributed by atoms with Gasteiger partial charge in [-0.1, -0.05) is 36.4 Å². The van der Waals surface area contributed by atoms with E-state index in [1.165, 1.54) is 12.1 Å². The first-order chi connectivity index (χ1) is 15.2. The highest BCUT2D eigenvalue weighted by atomic mass is 32.1. The number of anilines is 1. The number of ether oxygens (including phenoxy) is 2. The Bertz CT molecular complexity index is 1140. The first-order valence-electron chi connectivity index (χ1n) is 10.1. The van der Waals surface area contributed by atoms with Gasteiger partial charge in [-0.3, -0.25) is 0 Å². The average Bonchev–Trinajstić information content (AvgIpc) is 3.26. The molecule has 7 heteroatoms. The highest BCUT2D eigenvalue weighted by molar-refractivity contribution is 7.80. The van der Waals surface area contributed by atoms with E-state index in [1.54, 1.807) is 12.1 Å². The Kier molecular flexibility index (Phi) is 5.26. The minimum atomic E-state index is -0.274. The van der Waals surface area contributed by atoms with Crippen LogP contribution in [0.2, 0.25) is 0 Å². The average molecular weight is 434 g/mol. The van der Waals surface area contributed by atoms with Gasteiger partial charge >= 0.3 is 0 Å². The van der Waals surface area contributed by atoms with Crippen LogP contribution in [0.25, 0.3) is 0 Å². The van der Waals surface area contributed by atoms with Gasteiger partial charge in [0.2, 0.25) is 0 Å². The van der Waals surface area contributed by atoms with Crippen molar-refractivity contribution in [2.24, 2.45) is 5.10 Å². The normalized spacial score (nSPS) is 17.3. The zero-order valence-corrected chi connectivity index (χ0v) is 17.4.